The van der Waals surface area contributed by atoms with Crippen molar-refractivity contribution in [1.29, 1.82) is 0 Å². The number of halogens is 1. The van der Waals surface area contributed by atoms with E-state index in [2.05, 4.69) is 53.7 Å². The Kier molecular flexibility index (Phi) is 4.87. The Morgan fingerprint density at radius 2 is 1.70 bits per heavy atom. The summed E-state index contributed by atoms with van der Waals surface area (Å²) in [6.45, 7) is 5.51. The third-order valence-corrected chi connectivity index (χ3v) is 5.32. The van der Waals surface area contributed by atoms with Gasteiger partial charge in [0.05, 0.1) is 10.5 Å². The summed E-state index contributed by atoms with van der Waals surface area (Å²) in [5.74, 6) is 0.674. The molecule has 0 aliphatic heterocycles. The van der Waals surface area contributed by atoms with E-state index in [0.29, 0.717) is 17.4 Å². The van der Waals surface area contributed by atoms with Gasteiger partial charge in [0.25, 0.3) is 0 Å². The number of fused-ring (bicyclic) bond motifs is 1. The van der Waals surface area contributed by atoms with E-state index in [1.54, 1.807) is 0 Å². The Morgan fingerprint density at radius 1 is 0.963 bits per heavy atom. The second kappa shape index (κ2) is 7.45. The van der Waals surface area contributed by atoms with Gasteiger partial charge in [0, 0.05) is 23.8 Å². The van der Waals surface area contributed by atoms with Crippen LogP contribution in [0.3, 0.4) is 0 Å². The minimum Gasteiger partial charge on any atom is -0.486 e. The topological polar surface area (TPSA) is 27.1 Å². The molecule has 27 heavy (non-hydrogen) atoms. The van der Waals surface area contributed by atoms with Gasteiger partial charge in [-0.2, -0.15) is 0 Å². The number of hydrogen-bond acceptors (Lipinski definition) is 2. The quantitative estimate of drug-likeness (QED) is 0.431. The molecule has 0 amide bonds. The van der Waals surface area contributed by atoms with Gasteiger partial charge in [-0.3, -0.25) is 4.98 Å². The zero-order chi connectivity index (χ0) is 18.8. The number of aryl methyl sites for hydroxylation is 1. The van der Waals surface area contributed by atoms with Crippen LogP contribution in [0.1, 0.15) is 22.5 Å². The summed E-state index contributed by atoms with van der Waals surface area (Å²) in [6, 6.07) is 20.1. The summed E-state index contributed by atoms with van der Waals surface area (Å²) in [5.41, 5.74) is 5.84. The number of rotatable bonds is 5. The standard InChI is InChI=1S/C23H21ClN2O/c1-16-17(2)26(14-18-8-4-3-5-9-18)23-19(16)12-13-25-21(23)15-27-22-11-7-6-10-20(22)24/h3-13H,14-15H2,1-2H3. The molecule has 0 unspecified atom stereocenters. The molecule has 4 rings (SSSR count). The Hall–Kier alpha value is -2.78. The number of benzene rings is 2. The molecule has 0 aliphatic carbocycles. The summed E-state index contributed by atoms with van der Waals surface area (Å²) >= 11 is 6.23. The van der Waals surface area contributed by atoms with Crippen molar-refractivity contribution < 1.29 is 4.74 Å². The number of para-hydroxylation sites is 1. The molecular weight excluding hydrogens is 356 g/mol. The highest BCUT2D eigenvalue weighted by molar-refractivity contribution is 6.32. The molecule has 0 saturated heterocycles. The molecule has 4 aromatic rings. The van der Waals surface area contributed by atoms with Gasteiger partial charge in [0.1, 0.15) is 18.1 Å². The van der Waals surface area contributed by atoms with Crippen LogP contribution in [0.4, 0.5) is 0 Å². The van der Waals surface area contributed by atoms with E-state index in [-0.39, 0.29) is 0 Å². The SMILES string of the molecule is Cc1c(C)n(Cc2ccccc2)c2c(COc3ccccc3Cl)nccc12. The molecule has 136 valence electrons. The van der Waals surface area contributed by atoms with E-state index in [0.717, 1.165) is 17.8 Å². The third-order valence-electron chi connectivity index (χ3n) is 5.01. The molecule has 0 aliphatic rings. The Labute approximate surface area is 164 Å². The maximum Gasteiger partial charge on any atom is 0.138 e. The van der Waals surface area contributed by atoms with E-state index < -0.39 is 0 Å². The Morgan fingerprint density at radius 3 is 2.48 bits per heavy atom. The molecular formula is C23H21ClN2O. The monoisotopic (exact) mass is 376 g/mol. The molecule has 0 radical (unpaired) electrons. The summed E-state index contributed by atoms with van der Waals surface area (Å²) in [7, 11) is 0. The summed E-state index contributed by atoms with van der Waals surface area (Å²) in [6.07, 6.45) is 1.85. The van der Waals surface area contributed by atoms with Crippen molar-refractivity contribution in [1.82, 2.24) is 9.55 Å². The lowest BCUT2D eigenvalue weighted by molar-refractivity contribution is 0.302. The van der Waals surface area contributed by atoms with Gasteiger partial charge in [0.15, 0.2) is 0 Å². The number of pyridine rings is 1. The third kappa shape index (κ3) is 3.43. The van der Waals surface area contributed by atoms with Gasteiger partial charge in [-0.05, 0) is 43.2 Å². The first-order valence-corrected chi connectivity index (χ1v) is 9.37. The lowest BCUT2D eigenvalue weighted by Gasteiger charge is -2.12. The molecule has 0 atom stereocenters. The highest BCUT2D eigenvalue weighted by Gasteiger charge is 2.16. The van der Waals surface area contributed by atoms with Crippen LogP contribution in [0.15, 0.2) is 66.9 Å². The van der Waals surface area contributed by atoms with Crippen molar-refractivity contribution in [3.8, 4) is 5.75 Å². The van der Waals surface area contributed by atoms with Crippen molar-refractivity contribution in [3.05, 3.63) is 94.4 Å². The molecule has 4 heteroatoms. The van der Waals surface area contributed by atoms with Crippen LogP contribution in [0, 0.1) is 13.8 Å². The summed E-state index contributed by atoms with van der Waals surface area (Å²) in [4.78, 5) is 4.62. The fourth-order valence-electron chi connectivity index (χ4n) is 3.44. The molecule has 2 aromatic heterocycles. The summed E-state index contributed by atoms with van der Waals surface area (Å²) < 4.78 is 8.31. The maximum atomic E-state index is 6.23. The van der Waals surface area contributed by atoms with Gasteiger partial charge in [-0.25, -0.2) is 0 Å². The van der Waals surface area contributed by atoms with E-state index in [1.807, 2.05) is 36.5 Å². The molecule has 0 spiro atoms. The fourth-order valence-corrected chi connectivity index (χ4v) is 3.63. The van der Waals surface area contributed by atoms with E-state index in [9.17, 15) is 0 Å². The molecule has 0 fully saturated rings. The van der Waals surface area contributed by atoms with Crippen molar-refractivity contribution in [2.45, 2.75) is 27.0 Å². The first-order chi connectivity index (χ1) is 13.1. The largest absolute Gasteiger partial charge is 0.486 e. The zero-order valence-electron chi connectivity index (χ0n) is 15.4. The van der Waals surface area contributed by atoms with E-state index >= 15 is 0 Å². The van der Waals surface area contributed by atoms with Gasteiger partial charge in [-0.15, -0.1) is 0 Å². The number of ether oxygens (including phenoxy) is 1. The molecule has 2 heterocycles. The van der Waals surface area contributed by atoms with E-state index in [4.69, 9.17) is 16.3 Å². The Balaban J connectivity index is 1.75. The predicted molar refractivity (Wildman–Crippen MR) is 111 cm³/mol. The molecule has 3 nitrogen and oxygen atoms in total. The predicted octanol–water partition coefficient (Wildman–Crippen LogP) is 5.93. The van der Waals surface area contributed by atoms with Crippen LogP contribution in [0.2, 0.25) is 5.02 Å². The van der Waals surface area contributed by atoms with Crippen molar-refractivity contribution in [2.75, 3.05) is 0 Å². The molecule has 0 N–H and O–H groups in total. The molecule has 0 bridgehead atoms. The first-order valence-electron chi connectivity index (χ1n) is 8.99. The van der Waals surface area contributed by atoms with Gasteiger partial charge in [-0.1, -0.05) is 54.1 Å². The molecule has 0 saturated carbocycles. The van der Waals surface area contributed by atoms with Crippen LogP contribution in [0.5, 0.6) is 5.75 Å². The van der Waals surface area contributed by atoms with Gasteiger partial charge >= 0.3 is 0 Å². The second-order valence-electron chi connectivity index (χ2n) is 6.66. The van der Waals surface area contributed by atoms with E-state index in [1.165, 1.54) is 22.2 Å². The van der Waals surface area contributed by atoms with Crippen LogP contribution in [-0.4, -0.2) is 9.55 Å². The number of hydrogen-bond donors (Lipinski definition) is 0. The summed E-state index contributed by atoms with van der Waals surface area (Å²) in [5, 5.41) is 1.83. The van der Waals surface area contributed by atoms with Crippen molar-refractivity contribution >= 4 is 22.5 Å². The first kappa shape index (κ1) is 17.6. The average Bonchev–Trinajstić information content (AvgIpc) is 2.94. The van der Waals surface area contributed by atoms with Crippen molar-refractivity contribution in [3.63, 3.8) is 0 Å². The second-order valence-corrected chi connectivity index (χ2v) is 7.06. The van der Waals surface area contributed by atoms with Crippen molar-refractivity contribution in [2.24, 2.45) is 0 Å². The fraction of sp³-hybridized carbons (Fsp3) is 0.174. The van der Waals surface area contributed by atoms with Gasteiger partial charge in [0.2, 0.25) is 0 Å². The molecule has 2 aromatic carbocycles. The number of nitrogens with zero attached hydrogens (tertiary/aromatic N) is 2. The minimum absolute atomic E-state index is 0.374. The van der Waals surface area contributed by atoms with Crippen LogP contribution in [-0.2, 0) is 13.2 Å². The average molecular weight is 377 g/mol. The maximum absolute atomic E-state index is 6.23. The van der Waals surface area contributed by atoms with Crippen LogP contribution in [0.25, 0.3) is 10.9 Å². The van der Waals surface area contributed by atoms with Crippen LogP contribution < -0.4 is 4.74 Å². The lowest BCUT2D eigenvalue weighted by Crippen LogP contribution is -2.06. The Bertz CT molecular complexity index is 1090. The number of aromatic nitrogens is 2. The van der Waals surface area contributed by atoms with Gasteiger partial charge < -0.3 is 9.30 Å². The highest BCUT2D eigenvalue weighted by atomic mass is 35.5. The lowest BCUT2D eigenvalue weighted by atomic mass is 10.2. The minimum atomic E-state index is 0.374. The zero-order valence-corrected chi connectivity index (χ0v) is 16.2. The smallest absolute Gasteiger partial charge is 0.138 e. The normalized spacial score (nSPS) is 11.1. The van der Waals surface area contributed by atoms with Crippen LogP contribution >= 0.6 is 11.6 Å². The highest BCUT2D eigenvalue weighted by Crippen LogP contribution is 2.29.